The Kier molecular flexibility index (Phi) is 5.16. The molecule has 5 heteroatoms. The van der Waals surface area contributed by atoms with Crippen LogP contribution in [0.15, 0.2) is 29.4 Å². The minimum atomic E-state index is -0.239. The van der Waals surface area contributed by atoms with Gasteiger partial charge in [-0.2, -0.15) is 5.10 Å². The van der Waals surface area contributed by atoms with Gasteiger partial charge in [0.1, 0.15) is 11.4 Å². The van der Waals surface area contributed by atoms with E-state index in [1.54, 1.807) is 0 Å². The predicted molar refractivity (Wildman–Crippen MR) is 74.7 cm³/mol. The van der Waals surface area contributed by atoms with E-state index in [9.17, 15) is 4.79 Å². The largest absolute Gasteiger partial charge is 0.488 e. The van der Waals surface area contributed by atoms with Gasteiger partial charge in [0, 0.05) is 0 Å². The average Bonchev–Trinajstić information content (AvgIpc) is 2.29. The summed E-state index contributed by atoms with van der Waals surface area (Å²) in [6.45, 7) is 5.96. The van der Waals surface area contributed by atoms with Crippen LogP contribution in [0.5, 0.6) is 5.75 Å². The molecule has 0 radical (unpaired) electrons. The Bertz CT molecular complexity index is 422. The third-order valence-corrected chi connectivity index (χ3v) is 2.08. The first kappa shape index (κ1) is 14.5. The molecule has 0 atom stereocenters. The van der Waals surface area contributed by atoms with E-state index in [1.165, 1.54) is 0 Å². The van der Waals surface area contributed by atoms with E-state index in [0.29, 0.717) is 0 Å². The molecule has 1 aromatic carbocycles. The molecule has 1 rings (SSSR count). The lowest BCUT2D eigenvalue weighted by atomic mass is 10.2. The molecule has 0 aliphatic carbocycles. The van der Waals surface area contributed by atoms with E-state index in [0.717, 1.165) is 17.7 Å². The summed E-state index contributed by atoms with van der Waals surface area (Å²) in [6.07, 6.45) is 1.16. The Balaban J connectivity index is 2.55. The van der Waals surface area contributed by atoms with Gasteiger partial charge in [-0.05, 0) is 45.0 Å². The highest BCUT2D eigenvalue weighted by atomic mass is 35.5. The van der Waals surface area contributed by atoms with Crippen LogP contribution in [0.3, 0.4) is 0 Å². The molecule has 1 N–H and O–H groups in total. The Labute approximate surface area is 112 Å². The minimum Gasteiger partial charge on any atom is -0.488 e. The SMILES string of the molecule is CC(C)(C)Oc1ccc(NN=CC(=O)CCl)cc1. The lowest BCUT2D eigenvalue weighted by Crippen LogP contribution is -2.22. The first-order valence-electron chi connectivity index (χ1n) is 5.58. The zero-order valence-electron chi connectivity index (χ0n) is 10.7. The first-order valence-corrected chi connectivity index (χ1v) is 6.11. The summed E-state index contributed by atoms with van der Waals surface area (Å²) in [6, 6.07) is 7.33. The topological polar surface area (TPSA) is 50.7 Å². The van der Waals surface area contributed by atoms with Gasteiger partial charge >= 0.3 is 0 Å². The van der Waals surface area contributed by atoms with Gasteiger partial charge in [-0.1, -0.05) is 0 Å². The number of Topliss-reactive ketones (excluding diaryl/α,β-unsaturated/α-hetero) is 1. The zero-order chi connectivity index (χ0) is 13.6. The number of rotatable bonds is 5. The second-order valence-electron chi connectivity index (χ2n) is 4.71. The number of nitrogens with one attached hydrogen (secondary N) is 1. The number of ketones is 1. The molecule has 1 aromatic rings. The van der Waals surface area contributed by atoms with E-state index in [2.05, 4.69) is 10.5 Å². The quantitative estimate of drug-likeness (QED) is 0.507. The molecule has 0 aromatic heterocycles. The number of benzene rings is 1. The Hall–Kier alpha value is -1.55. The van der Waals surface area contributed by atoms with Gasteiger partial charge in [0.15, 0.2) is 5.78 Å². The number of anilines is 1. The van der Waals surface area contributed by atoms with Crippen molar-refractivity contribution in [1.29, 1.82) is 0 Å². The molecule has 0 saturated carbocycles. The smallest absolute Gasteiger partial charge is 0.190 e. The van der Waals surface area contributed by atoms with E-state index in [-0.39, 0.29) is 17.3 Å². The maximum atomic E-state index is 10.9. The van der Waals surface area contributed by atoms with Gasteiger partial charge < -0.3 is 4.74 Å². The van der Waals surface area contributed by atoms with Crippen molar-refractivity contribution in [2.45, 2.75) is 26.4 Å². The monoisotopic (exact) mass is 268 g/mol. The van der Waals surface area contributed by atoms with Crippen LogP contribution in [0.2, 0.25) is 0 Å². The molecule has 4 nitrogen and oxygen atoms in total. The van der Waals surface area contributed by atoms with Crippen LogP contribution in [-0.2, 0) is 4.79 Å². The highest BCUT2D eigenvalue weighted by molar-refractivity contribution is 6.41. The summed E-state index contributed by atoms with van der Waals surface area (Å²) in [4.78, 5) is 10.9. The van der Waals surface area contributed by atoms with Gasteiger partial charge in [0.25, 0.3) is 0 Å². The zero-order valence-corrected chi connectivity index (χ0v) is 11.5. The van der Waals surface area contributed by atoms with Crippen molar-refractivity contribution in [1.82, 2.24) is 0 Å². The number of ether oxygens (including phenoxy) is 1. The van der Waals surface area contributed by atoms with Crippen molar-refractivity contribution >= 4 is 29.3 Å². The van der Waals surface area contributed by atoms with Crippen molar-refractivity contribution in [2.24, 2.45) is 5.10 Å². The molecule has 0 heterocycles. The fourth-order valence-electron chi connectivity index (χ4n) is 1.16. The first-order chi connectivity index (χ1) is 8.40. The summed E-state index contributed by atoms with van der Waals surface area (Å²) in [5, 5.41) is 3.77. The van der Waals surface area contributed by atoms with E-state index < -0.39 is 0 Å². The van der Waals surface area contributed by atoms with Gasteiger partial charge in [0.2, 0.25) is 0 Å². The number of hydrazone groups is 1. The number of alkyl halides is 1. The molecule has 0 aliphatic heterocycles. The lowest BCUT2D eigenvalue weighted by molar-refractivity contribution is -0.110. The molecule has 0 aliphatic rings. The minimum absolute atomic E-state index is 0.0659. The van der Waals surface area contributed by atoms with Crippen LogP contribution in [0, 0.1) is 0 Å². The van der Waals surface area contributed by atoms with Crippen molar-refractivity contribution in [3.05, 3.63) is 24.3 Å². The van der Waals surface area contributed by atoms with Crippen molar-refractivity contribution < 1.29 is 9.53 Å². The Morgan fingerprint density at radius 3 is 2.50 bits per heavy atom. The molecular weight excluding hydrogens is 252 g/mol. The van der Waals surface area contributed by atoms with E-state index in [1.807, 2.05) is 45.0 Å². The standard InChI is InChI=1S/C13H17ClN2O2/c1-13(2,3)18-12-6-4-10(5-7-12)16-15-9-11(17)8-14/h4-7,9,16H,8H2,1-3H3. The van der Waals surface area contributed by atoms with Crippen LogP contribution in [0.1, 0.15) is 20.8 Å². The molecule has 0 spiro atoms. The predicted octanol–water partition coefficient (Wildman–Crippen LogP) is 3.07. The Morgan fingerprint density at radius 1 is 1.39 bits per heavy atom. The second kappa shape index (κ2) is 6.40. The van der Waals surface area contributed by atoms with Gasteiger partial charge in [0.05, 0.1) is 17.8 Å². The van der Waals surface area contributed by atoms with Crippen LogP contribution in [0.25, 0.3) is 0 Å². The number of carbonyl (C=O) groups excluding carboxylic acids is 1. The highest BCUT2D eigenvalue weighted by Gasteiger charge is 2.11. The van der Waals surface area contributed by atoms with Crippen molar-refractivity contribution in [3.63, 3.8) is 0 Å². The molecule has 18 heavy (non-hydrogen) atoms. The normalized spacial score (nSPS) is 11.6. The fourth-order valence-corrected chi connectivity index (χ4v) is 1.23. The maximum absolute atomic E-state index is 10.9. The number of nitrogens with zero attached hydrogens (tertiary/aromatic N) is 1. The Morgan fingerprint density at radius 2 is 2.00 bits per heavy atom. The summed E-state index contributed by atoms with van der Waals surface area (Å²) >= 11 is 5.33. The number of hydrogen-bond donors (Lipinski definition) is 1. The third kappa shape index (κ3) is 5.68. The van der Waals surface area contributed by atoms with E-state index in [4.69, 9.17) is 16.3 Å². The third-order valence-electron chi connectivity index (χ3n) is 1.81. The van der Waals surface area contributed by atoms with Crippen molar-refractivity contribution in [2.75, 3.05) is 11.3 Å². The van der Waals surface area contributed by atoms with Crippen LogP contribution >= 0.6 is 11.6 Å². The van der Waals surface area contributed by atoms with E-state index >= 15 is 0 Å². The number of carbonyl (C=O) groups is 1. The molecule has 0 fully saturated rings. The molecule has 0 bridgehead atoms. The number of halogens is 1. The van der Waals surface area contributed by atoms with Crippen LogP contribution in [0.4, 0.5) is 5.69 Å². The van der Waals surface area contributed by atoms with Gasteiger partial charge in [-0.25, -0.2) is 0 Å². The summed E-state index contributed by atoms with van der Waals surface area (Å²) in [5.41, 5.74) is 3.29. The fraction of sp³-hybridized carbons (Fsp3) is 0.385. The maximum Gasteiger partial charge on any atom is 0.190 e. The summed E-state index contributed by atoms with van der Waals surface area (Å²) in [5.74, 6) is 0.481. The second-order valence-corrected chi connectivity index (χ2v) is 4.98. The molecule has 0 unspecified atom stereocenters. The lowest BCUT2D eigenvalue weighted by Gasteiger charge is -2.21. The summed E-state index contributed by atoms with van der Waals surface area (Å²) in [7, 11) is 0. The van der Waals surface area contributed by atoms with Gasteiger partial charge in [-0.3, -0.25) is 10.2 Å². The molecule has 98 valence electrons. The van der Waals surface area contributed by atoms with Crippen molar-refractivity contribution in [3.8, 4) is 5.75 Å². The van der Waals surface area contributed by atoms with Crippen LogP contribution < -0.4 is 10.2 Å². The molecule has 0 amide bonds. The molecule has 0 saturated heterocycles. The molecular formula is C13H17ClN2O2. The highest BCUT2D eigenvalue weighted by Crippen LogP contribution is 2.20. The van der Waals surface area contributed by atoms with Gasteiger partial charge in [-0.15, -0.1) is 11.6 Å². The summed E-state index contributed by atoms with van der Waals surface area (Å²) < 4.78 is 5.68. The average molecular weight is 269 g/mol. The van der Waals surface area contributed by atoms with Crippen LogP contribution in [-0.4, -0.2) is 23.5 Å². The number of hydrogen-bond acceptors (Lipinski definition) is 4.